The Bertz CT molecular complexity index is 1410. The van der Waals surface area contributed by atoms with E-state index >= 15 is 0 Å². The van der Waals surface area contributed by atoms with Crippen LogP contribution in [0.2, 0.25) is 5.02 Å². The number of nitriles is 1. The van der Waals surface area contributed by atoms with Crippen molar-refractivity contribution in [3.8, 4) is 28.5 Å². The van der Waals surface area contributed by atoms with Gasteiger partial charge in [0.2, 0.25) is 5.91 Å². The Hall–Kier alpha value is -3.59. The average molecular weight is 498 g/mol. The Morgan fingerprint density at radius 3 is 2.31 bits per heavy atom. The van der Waals surface area contributed by atoms with Gasteiger partial charge >= 0.3 is 0 Å². The zero-order chi connectivity index (χ0) is 24.9. The van der Waals surface area contributed by atoms with Crippen LogP contribution in [0.4, 0.5) is 5.69 Å². The van der Waals surface area contributed by atoms with Gasteiger partial charge in [-0.25, -0.2) is 4.98 Å². The lowest BCUT2D eigenvalue weighted by molar-refractivity contribution is -0.115. The number of carbonyl (C=O) groups is 1. The molecule has 6 heteroatoms. The lowest BCUT2D eigenvalue weighted by Gasteiger charge is -2.16. The van der Waals surface area contributed by atoms with Crippen LogP contribution in [0.1, 0.15) is 23.6 Å². The molecule has 1 aromatic heterocycles. The fourth-order valence-corrected chi connectivity index (χ4v) is 4.66. The molecule has 4 nitrogen and oxygen atoms in total. The van der Waals surface area contributed by atoms with Gasteiger partial charge in [0.15, 0.2) is 0 Å². The lowest BCUT2D eigenvalue weighted by atomic mass is 9.99. The summed E-state index contributed by atoms with van der Waals surface area (Å²) in [6, 6.07) is 27.4. The Kier molecular flexibility index (Phi) is 7.55. The number of hydrogen-bond donors (Lipinski definition) is 1. The van der Waals surface area contributed by atoms with Gasteiger partial charge in [0.1, 0.15) is 11.1 Å². The van der Waals surface area contributed by atoms with Crippen molar-refractivity contribution in [2.45, 2.75) is 31.0 Å². The fraction of sp³-hybridized carbons (Fsp3) is 0.138. The maximum absolute atomic E-state index is 13.0. The van der Waals surface area contributed by atoms with E-state index in [1.54, 1.807) is 12.1 Å². The molecule has 4 aromatic rings. The highest BCUT2D eigenvalue weighted by Crippen LogP contribution is 2.36. The molecule has 35 heavy (non-hydrogen) atoms. The molecule has 0 aliphatic rings. The minimum atomic E-state index is -0.472. The van der Waals surface area contributed by atoms with Gasteiger partial charge in [-0.05, 0) is 56.2 Å². The minimum absolute atomic E-state index is 0.149. The Morgan fingerprint density at radius 2 is 1.66 bits per heavy atom. The van der Waals surface area contributed by atoms with Gasteiger partial charge in [-0.3, -0.25) is 4.79 Å². The Morgan fingerprint density at radius 1 is 1.00 bits per heavy atom. The third-order valence-corrected chi connectivity index (χ3v) is 7.00. The Balaban J connectivity index is 1.75. The summed E-state index contributed by atoms with van der Waals surface area (Å²) in [5.41, 5.74) is 6.63. The molecule has 1 heterocycles. The van der Waals surface area contributed by atoms with Crippen molar-refractivity contribution < 1.29 is 4.79 Å². The molecule has 0 spiro atoms. The molecular formula is C29H24ClN3OS. The number of halogens is 1. The largest absolute Gasteiger partial charge is 0.325 e. The first-order chi connectivity index (χ1) is 16.9. The SMILES string of the molecule is Cc1ccc(-c2cc(-c3ccc(Cl)cc3)c(C#N)c(S[C@@H](C)C(=O)Nc3ccccc3C)n2)cc1. The van der Waals surface area contributed by atoms with Crippen LogP contribution in [0, 0.1) is 25.2 Å². The molecule has 4 rings (SSSR count). The third kappa shape index (κ3) is 5.74. The number of aromatic nitrogens is 1. The molecule has 3 aromatic carbocycles. The topological polar surface area (TPSA) is 65.8 Å². The first kappa shape index (κ1) is 24.5. The molecule has 0 saturated carbocycles. The van der Waals surface area contributed by atoms with E-state index in [9.17, 15) is 10.1 Å². The van der Waals surface area contributed by atoms with Crippen LogP contribution < -0.4 is 5.32 Å². The molecular weight excluding hydrogens is 474 g/mol. The predicted octanol–water partition coefficient (Wildman–Crippen LogP) is 7.68. The van der Waals surface area contributed by atoms with E-state index in [1.165, 1.54) is 11.8 Å². The third-order valence-electron chi connectivity index (χ3n) is 5.66. The number of para-hydroxylation sites is 1. The zero-order valence-corrected chi connectivity index (χ0v) is 21.2. The maximum Gasteiger partial charge on any atom is 0.237 e. The van der Waals surface area contributed by atoms with Crippen LogP contribution in [-0.4, -0.2) is 16.1 Å². The smallest absolute Gasteiger partial charge is 0.237 e. The molecule has 0 bridgehead atoms. The van der Waals surface area contributed by atoms with E-state index in [2.05, 4.69) is 11.4 Å². The van der Waals surface area contributed by atoms with E-state index in [-0.39, 0.29) is 5.91 Å². The summed E-state index contributed by atoms with van der Waals surface area (Å²) in [6.07, 6.45) is 0. The molecule has 0 aliphatic heterocycles. The van der Waals surface area contributed by atoms with E-state index in [0.29, 0.717) is 15.6 Å². The minimum Gasteiger partial charge on any atom is -0.325 e. The standard InChI is InChI=1S/C29H24ClN3OS/c1-18-8-10-22(11-9-18)27-16-24(21-12-14-23(30)15-13-21)25(17-31)29(33-27)35-20(3)28(34)32-26-7-5-4-6-19(26)2/h4-16,20H,1-3H3,(H,32,34)/t20-/m0/s1. The van der Waals surface area contributed by atoms with Gasteiger partial charge in [-0.1, -0.05) is 83.5 Å². The van der Waals surface area contributed by atoms with E-state index in [0.717, 1.165) is 39.2 Å². The van der Waals surface area contributed by atoms with Gasteiger partial charge in [-0.2, -0.15) is 5.26 Å². The number of benzene rings is 3. The highest BCUT2D eigenvalue weighted by atomic mass is 35.5. The number of rotatable bonds is 6. The molecule has 1 N–H and O–H groups in total. The van der Waals surface area contributed by atoms with Gasteiger partial charge in [-0.15, -0.1) is 0 Å². The number of thioether (sulfide) groups is 1. The quantitative estimate of drug-likeness (QED) is 0.277. The lowest BCUT2D eigenvalue weighted by Crippen LogP contribution is -2.23. The van der Waals surface area contributed by atoms with Crippen molar-refractivity contribution >= 4 is 35.0 Å². The second-order valence-electron chi connectivity index (χ2n) is 8.28. The molecule has 1 amide bonds. The summed E-state index contributed by atoms with van der Waals surface area (Å²) in [6.45, 7) is 5.80. The molecule has 0 unspecified atom stereocenters. The van der Waals surface area contributed by atoms with Crippen LogP contribution in [0.15, 0.2) is 83.9 Å². The number of carbonyl (C=O) groups excluding carboxylic acids is 1. The molecule has 0 aliphatic carbocycles. The average Bonchev–Trinajstić information content (AvgIpc) is 2.86. The maximum atomic E-state index is 13.0. The summed E-state index contributed by atoms with van der Waals surface area (Å²) in [5, 5.41) is 13.8. The van der Waals surface area contributed by atoms with Crippen molar-refractivity contribution in [2.75, 3.05) is 5.32 Å². The summed E-state index contributed by atoms with van der Waals surface area (Å²) in [5.74, 6) is -0.149. The second-order valence-corrected chi connectivity index (χ2v) is 10.1. The zero-order valence-electron chi connectivity index (χ0n) is 19.7. The highest BCUT2D eigenvalue weighted by Gasteiger charge is 2.22. The number of nitrogens with one attached hydrogen (secondary N) is 1. The van der Waals surface area contributed by atoms with E-state index < -0.39 is 5.25 Å². The van der Waals surface area contributed by atoms with E-state index in [4.69, 9.17) is 16.6 Å². The first-order valence-electron chi connectivity index (χ1n) is 11.2. The number of pyridine rings is 1. The van der Waals surface area contributed by atoms with Crippen molar-refractivity contribution in [2.24, 2.45) is 0 Å². The molecule has 1 atom stereocenters. The predicted molar refractivity (Wildman–Crippen MR) is 145 cm³/mol. The first-order valence-corrected chi connectivity index (χ1v) is 12.4. The van der Waals surface area contributed by atoms with Gasteiger partial charge < -0.3 is 5.32 Å². The van der Waals surface area contributed by atoms with Crippen LogP contribution in [0.25, 0.3) is 22.4 Å². The van der Waals surface area contributed by atoms with Crippen molar-refractivity contribution in [3.05, 3.63) is 101 Å². The number of hydrogen-bond acceptors (Lipinski definition) is 4. The molecule has 0 saturated heterocycles. The molecule has 0 radical (unpaired) electrons. The molecule has 174 valence electrons. The summed E-state index contributed by atoms with van der Waals surface area (Å²) in [7, 11) is 0. The summed E-state index contributed by atoms with van der Waals surface area (Å²) >= 11 is 7.38. The number of nitrogens with zero attached hydrogens (tertiary/aromatic N) is 2. The fourth-order valence-electron chi connectivity index (χ4n) is 3.61. The van der Waals surface area contributed by atoms with Crippen LogP contribution in [-0.2, 0) is 4.79 Å². The van der Waals surface area contributed by atoms with Crippen LogP contribution >= 0.6 is 23.4 Å². The van der Waals surface area contributed by atoms with Gasteiger partial charge in [0, 0.05) is 21.8 Å². The van der Waals surface area contributed by atoms with E-state index in [1.807, 2.05) is 87.5 Å². The highest BCUT2D eigenvalue weighted by molar-refractivity contribution is 8.00. The van der Waals surface area contributed by atoms with Crippen LogP contribution in [0.3, 0.4) is 0 Å². The normalized spacial score (nSPS) is 11.5. The van der Waals surface area contributed by atoms with Crippen LogP contribution in [0.5, 0.6) is 0 Å². The van der Waals surface area contributed by atoms with Crippen molar-refractivity contribution in [3.63, 3.8) is 0 Å². The monoisotopic (exact) mass is 497 g/mol. The summed E-state index contributed by atoms with van der Waals surface area (Å²) < 4.78 is 0. The number of aryl methyl sites for hydroxylation is 2. The summed E-state index contributed by atoms with van der Waals surface area (Å²) in [4.78, 5) is 17.8. The number of anilines is 1. The van der Waals surface area contributed by atoms with Crippen molar-refractivity contribution in [1.82, 2.24) is 4.98 Å². The Labute approximate surface area is 215 Å². The second kappa shape index (κ2) is 10.8. The molecule has 0 fully saturated rings. The van der Waals surface area contributed by atoms with Gasteiger partial charge in [0.25, 0.3) is 0 Å². The number of amides is 1. The van der Waals surface area contributed by atoms with Gasteiger partial charge in [0.05, 0.1) is 16.5 Å². The van der Waals surface area contributed by atoms with Crippen molar-refractivity contribution in [1.29, 1.82) is 5.26 Å².